The molecule has 0 spiro atoms. The summed E-state index contributed by atoms with van der Waals surface area (Å²) in [5.41, 5.74) is 0. The summed E-state index contributed by atoms with van der Waals surface area (Å²) < 4.78 is 0.570. The van der Waals surface area contributed by atoms with Crippen LogP contribution in [0.15, 0.2) is 17.0 Å². The average Bonchev–Trinajstić information content (AvgIpc) is 3.01. The molecule has 0 aromatic carbocycles. The summed E-state index contributed by atoms with van der Waals surface area (Å²) in [6.07, 6.45) is 3.25. The van der Waals surface area contributed by atoms with Gasteiger partial charge in [0, 0.05) is 0 Å². The number of rotatable bonds is 3. The van der Waals surface area contributed by atoms with Crippen LogP contribution in [0.25, 0.3) is 0 Å². The molecule has 1 aromatic heterocycles. The van der Waals surface area contributed by atoms with Gasteiger partial charge in [0.1, 0.15) is 4.60 Å². The fourth-order valence-electron chi connectivity index (χ4n) is 1.35. The molecule has 2 atom stereocenters. The number of amides is 1. The van der Waals surface area contributed by atoms with Gasteiger partial charge in [-0.15, -0.1) is 0 Å². The van der Waals surface area contributed by atoms with Crippen molar-refractivity contribution in [3.63, 3.8) is 0 Å². The van der Waals surface area contributed by atoms with Gasteiger partial charge >= 0.3 is 5.97 Å². The highest BCUT2D eigenvalue weighted by Gasteiger charge is 2.48. The van der Waals surface area contributed by atoms with Gasteiger partial charge in [0.25, 0.3) is 0 Å². The van der Waals surface area contributed by atoms with Gasteiger partial charge in [-0.25, -0.2) is 9.97 Å². The van der Waals surface area contributed by atoms with E-state index in [0.717, 1.165) is 0 Å². The molecule has 1 amide bonds. The third-order valence-electron chi connectivity index (χ3n) is 2.32. The molecule has 6 nitrogen and oxygen atoms in total. The first kappa shape index (κ1) is 11.0. The third kappa shape index (κ3) is 2.35. The van der Waals surface area contributed by atoms with Crippen molar-refractivity contribution in [3.8, 4) is 0 Å². The average molecular weight is 286 g/mol. The SMILES string of the molecule is O=C(O)[C@H]1C[C@H]1C(=O)Nc1cnc(Br)cn1. The zero-order valence-electron chi connectivity index (χ0n) is 8.05. The summed E-state index contributed by atoms with van der Waals surface area (Å²) in [5.74, 6) is -1.92. The zero-order valence-corrected chi connectivity index (χ0v) is 9.64. The monoisotopic (exact) mass is 285 g/mol. The van der Waals surface area contributed by atoms with Gasteiger partial charge in [-0.05, 0) is 22.4 Å². The number of hydrogen-bond acceptors (Lipinski definition) is 4. The van der Waals surface area contributed by atoms with E-state index < -0.39 is 17.8 Å². The molecular formula is C9H8BrN3O3. The molecule has 0 bridgehead atoms. The Morgan fingerprint density at radius 3 is 2.62 bits per heavy atom. The molecule has 1 heterocycles. The molecule has 0 saturated heterocycles. The maximum absolute atomic E-state index is 11.5. The molecule has 1 aliphatic rings. The Balaban J connectivity index is 1.94. The molecule has 16 heavy (non-hydrogen) atoms. The number of hydrogen-bond donors (Lipinski definition) is 2. The van der Waals surface area contributed by atoms with Crippen molar-refractivity contribution < 1.29 is 14.7 Å². The number of carboxylic acids is 1. The highest BCUT2D eigenvalue weighted by molar-refractivity contribution is 9.10. The lowest BCUT2D eigenvalue weighted by atomic mass is 10.3. The third-order valence-corrected chi connectivity index (χ3v) is 2.73. The summed E-state index contributed by atoms with van der Waals surface area (Å²) >= 11 is 3.12. The molecule has 0 radical (unpaired) electrons. The Bertz CT molecular complexity index is 434. The molecule has 2 rings (SSSR count). The number of aliphatic carboxylic acids is 1. The molecule has 2 N–H and O–H groups in total. The molecule has 1 fully saturated rings. The summed E-state index contributed by atoms with van der Waals surface area (Å²) in [6.45, 7) is 0. The molecule has 0 unspecified atom stereocenters. The van der Waals surface area contributed by atoms with Crippen LogP contribution in [-0.2, 0) is 9.59 Å². The number of carbonyl (C=O) groups is 2. The Kier molecular flexibility index (Phi) is 2.86. The van der Waals surface area contributed by atoms with E-state index in [1.807, 2.05) is 0 Å². The largest absolute Gasteiger partial charge is 0.481 e. The highest BCUT2D eigenvalue weighted by Crippen LogP contribution is 2.39. The van der Waals surface area contributed by atoms with Crippen molar-refractivity contribution in [2.75, 3.05) is 5.32 Å². The second-order valence-electron chi connectivity index (χ2n) is 3.50. The Hall–Kier alpha value is -1.50. The summed E-state index contributed by atoms with van der Waals surface area (Å²) in [6, 6.07) is 0. The Morgan fingerprint density at radius 1 is 1.38 bits per heavy atom. The van der Waals surface area contributed by atoms with Crippen LogP contribution in [0, 0.1) is 11.8 Å². The van der Waals surface area contributed by atoms with Gasteiger partial charge in [-0.2, -0.15) is 0 Å². The summed E-state index contributed by atoms with van der Waals surface area (Å²) in [7, 11) is 0. The molecule has 1 aromatic rings. The number of carboxylic acid groups (broad SMARTS) is 1. The first-order valence-electron chi connectivity index (χ1n) is 4.59. The van der Waals surface area contributed by atoms with Crippen LogP contribution in [-0.4, -0.2) is 27.0 Å². The van der Waals surface area contributed by atoms with Crippen LogP contribution in [0.1, 0.15) is 6.42 Å². The predicted molar refractivity (Wildman–Crippen MR) is 57.6 cm³/mol. The van der Waals surface area contributed by atoms with Crippen LogP contribution in [0.4, 0.5) is 5.82 Å². The van der Waals surface area contributed by atoms with Crippen LogP contribution >= 0.6 is 15.9 Å². The van der Waals surface area contributed by atoms with Crippen molar-refractivity contribution in [2.45, 2.75) is 6.42 Å². The topological polar surface area (TPSA) is 92.2 Å². The van der Waals surface area contributed by atoms with Crippen molar-refractivity contribution in [2.24, 2.45) is 11.8 Å². The predicted octanol–water partition coefficient (Wildman–Crippen LogP) is 0.898. The van der Waals surface area contributed by atoms with E-state index in [-0.39, 0.29) is 5.91 Å². The number of nitrogens with one attached hydrogen (secondary N) is 1. The number of aromatic nitrogens is 2. The van der Waals surface area contributed by atoms with Crippen molar-refractivity contribution in [1.29, 1.82) is 0 Å². The maximum Gasteiger partial charge on any atom is 0.307 e. The van der Waals surface area contributed by atoms with E-state index in [1.54, 1.807) is 0 Å². The molecule has 0 aliphatic heterocycles. The van der Waals surface area contributed by atoms with Crippen LogP contribution in [0.3, 0.4) is 0 Å². The number of anilines is 1. The molecule has 84 valence electrons. The van der Waals surface area contributed by atoms with Gasteiger partial charge in [0.2, 0.25) is 5.91 Å². The van der Waals surface area contributed by atoms with Gasteiger partial charge in [-0.3, -0.25) is 9.59 Å². The van der Waals surface area contributed by atoms with E-state index in [2.05, 4.69) is 31.2 Å². The normalized spacial score (nSPS) is 22.6. The minimum absolute atomic E-state index is 0.316. The summed E-state index contributed by atoms with van der Waals surface area (Å²) in [5, 5.41) is 11.2. The van der Waals surface area contributed by atoms with Crippen molar-refractivity contribution >= 4 is 33.6 Å². The van der Waals surface area contributed by atoms with Gasteiger partial charge < -0.3 is 10.4 Å². The number of nitrogens with zero attached hydrogens (tertiary/aromatic N) is 2. The summed E-state index contributed by atoms with van der Waals surface area (Å²) in [4.78, 5) is 29.9. The zero-order chi connectivity index (χ0) is 11.7. The molecule has 7 heteroatoms. The minimum Gasteiger partial charge on any atom is -0.481 e. The van der Waals surface area contributed by atoms with Gasteiger partial charge in [0.05, 0.1) is 24.2 Å². The lowest BCUT2D eigenvalue weighted by Crippen LogP contribution is -2.17. The second kappa shape index (κ2) is 4.17. The Labute approximate surface area is 99.2 Å². The standard InChI is InChI=1S/C9H8BrN3O3/c10-6-2-12-7(3-11-6)13-8(14)4-1-5(4)9(15)16/h2-5H,1H2,(H,15,16)(H,12,13,14)/t4-,5+/m1/s1. The minimum atomic E-state index is -0.929. The van der Waals surface area contributed by atoms with E-state index in [4.69, 9.17) is 5.11 Å². The highest BCUT2D eigenvalue weighted by atomic mass is 79.9. The fourth-order valence-corrected chi connectivity index (χ4v) is 1.56. The number of carbonyl (C=O) groups excluding carboxylic acids is 1. The van der Waals surface area contributed by atoms with Crippen LogP contribution in [0.2, 0.25) is 0 Å². The fraction of sp³-hybridized carbons (Fsp3) is 0.333. The lowest BCUT2D eigenvalue weighted by molar-refractivity contribution is -0.139. The van der Waals surface area contributed by atoms with Crippen molar-refractivity contribution in [1.82, 2.24) is 9.97 Å². The van der Waals surface area contributed by atoms with E-state index in [0.29, 0.717) is 16.8 Å². The Morgan fingerprint density at radius 2 is 2.12 bits per heavy atom. The van der Waals surface area contributed by atoms with E-state index >= 15 is 0 Å². The van der Waals surface area contributed by atoms with Gasteiger partial charge in [-0.1, -0.05) is 0 Å². The maximum atomic E-state index is 11.5. The number of halogens is 1. The van der Waals surface area contributed by atoms with Crippen LogP contribution in [0.5, 0.6) is 0 Å². The van der Waals surface area contributed by atoms with E-state index in [9.17, 15) is 9.59 Å². The quantitative estimate of drug-likeness (QED) is 0.861. The molecular weight excluding hydrogens is 278 g/mol. The first-order valence-corrected chi connectivity index (χ1v) is 5.38. The second-order valence-corrected chi connectivity index (χ2v) is 4.31. The molecule has 1 saturated carbocycles. The first-order chi connectivity index (χ1) is 7.58. The van der Waals surface area contributed by atoms with Crippen LogP contribution < -0.4 is 5.32 Å². The van der Waals surface area contributed by atoms with E-state index in [1.165, 1.54) is 12.4 Å². The lowest BCUT2D eigenvalue weighted by Gasteiger charge is -2.02. The smallest absolute Gasteiger partial charge is 0.307 e. The van der Waals surface area contributed by atoms with Gasteiger partial charge in [0.15, 0.2) is 5.82 Å². The molecule has 1 aliphatic carbocycles. The van der Waals surface area contributed by atoms with Crippen molar-refractivity contribution in [3.05, 3.63) is 17.0 Å².